The second kappa shape index (κ2) is 5.36. The second-order valence-electron chi connectivity index (χ2n) is 4.92. The average molecular weight is 249 g/mol. The third-order valence-electron chi connectivity index (χ3n) is 2.61. The minimum Gasteiger partial charge on any atom is -0.389 e. The Morgan fingerprint density at radius 2 is 1.94 bits per heavy atom. The van der Waals surface area contributed by atoms with Crippen LogP contribution in [0.2, 0.25) is 0 Å². The van der Waals surface area contributed by atoms with Gasteiger partial charge in [0.25, 0.3) is 0 Å². The van der Waals surface area contributed by atoms with Crippen molar-refractivity contribution in [3.63, 3.8) is 0 Å². The molecule has 18 heavy (non-hydrogen) atoms. The number of aromatic nitrogens is 1. The van der Waals surface area contributed by atoms with Gasteiger partial charge in [-0.2, -0.15) is 0 Å². The van der Waals surface area contributed by atoms with E-state index >= 15 is 0 Å². The fourth-order valence-electron chi connectivity index (χ4n) is 1.88. The van der Waals surface area contributed by atoms with Gasteiger partial charge in [0.15, 0.2) is 0 Å². The number of benzene rings is 1. The molecule has 0 radical (unpaired) electrons. The van der Waals surface area contributed by atoms with Crippen molar-refractivity contribution in [1.29, 1.82) is 0 Å². The van der Waals surface area contributed by atoms with Crippen LogP contribution in [0.1, 0.15) is 19.4 Å². The quantitative estimate of drug-likeness (QED) is 0.807. The number of aryl methyl sites for hydroxylation is 1. The van der Waals surface area contributed by atoms with Crippen LogP contribution in [-0.4, -0.2) is 15.3 Å². The molecule has 0 amide bonds. The van der Waals surface area contributed by atoms with Crippen molar-refractivity contribution in [1.82, 2.24) is 4.57 Å². The van der Waals surface area contributed by atoms with Crippen molar-refractivity contribution in [2.24, 2.45) is 0 Å². The van der Waals surface area contributed by atoms with Crippen molar-refractivity contribution in [2.45, 2.75) is 32.9 Å². The van der Waals surface area contributed by atoms with E-state index in [-0.39, 0.29) is 5.82 Å². The van der Waals surface area contributed by atoms with Gasteiger partial charge in [0.2, 0.25) is 0 Å². The predicted molar refractivity (Wildman–Crippen MR) is 74.2 cm³/mol. The van der Waals surface area contributed by atoms with Gasteiger partial charge in [-0.3, -0.25) is 0 Å². The van der Waals surface area contributed by atoms with Crippen molar-refractivity contribution in [3.05, 3.63) is 48.9 Å². The SMILES string of the molecule is C=C.Cc1cc2ccn(CC(C)(C)O)c2cc1F. The van der Waals surface area contributed by atoms with Gasteiger partial charge in [-0.1, -0.05) is 0 Å². The van der Waals surface area contributed by atoms with Crippen LogP contribution in [-0.2, 0) is 6.54 Å². The summed E-state index contributed by atoms with van der Waals surface area (Å²) in [6.45, 7) is 11.7. The summed E-state index contributed by atoms with van der Waals surface area (Å²) < 4.78 is 15.3. The molecule has 1 aromatic heterocycles. The lowest BCUT2D eigenvalue weighted by molar-refractivity contribution is 0.0628. The number of aliphatic hydroxyl groups is 1. The molecule has 0 unspecified atom stereocenters. The highest BCUT2D eigenvalue weighted by molar-refractivity contribution is 5.81. The van der Waals surface area contributed by atoms with Gasteiger partial charge in [-0.05, 0) is 44.5 Å². The van der Waals surface area contributed by atoms with Crippen molar-refractivity contribution in [3.8, 4) is 0 Å². The lowest BCUT2D eigenvalue weighted by atomic mass is 10.1. The maximum atomic E-state index is 13.5. The molecule has 0 spiro atoms. The molecule has 2 aromatic rings. The average Bonchev–Trinajstić information content (AvgIpc) is 2.63. The molecule has 1 aromatic carbocycles. The van der Waals surface area contributed by atoms with E-state index < -0.39 is 5.60 Å². The number of hydrogen-bond donors (Lipinski definition) is 1. The van der Waals surface area contributed by atoms with E-state index in [0.717, 1.165) is 10.9 Å². The zero-order valence-corrected chi connectivity index (χ0v) is 11.2. The second-order valence-corrected chi connectivity index (χ2v) is 4.92. The number of nitrogens with zero attached hydrogens (tertiary/aromatic N) is 1. The number of hydrogen-bond acceptors (Lipinski definition) is 1. The van der Waals surface area contributed by atoms with E-state index in [0.29, 0.717) is 12.1 Å². The Morgan fingerprint density at radius 1 is 1.33 bits per heavy atom. The molecule has 1 heterocycles. The molecule has 0 saturated carbocycles. The lowest BCUT2D eigenvalue weighted by Gasteiger charge is -2.18. The molecule has 0 aliphatic carbocycles. The van der Waals surface area contributed by atoms with Gasteiger partial charge in [0, 0.05) is 11.6 Å². The largest absolute Gasteiger partial charge is 0.389 e. The molecule has 0 aliphatic rings. The zero-order chi connectivity index (χ0) is 13.9. The van der Waals surface area contributed by atoms with Crippen LogP contribution in [0, 0.1) is 12.7 Å². The summed E-state index contributed by atoms with van der Waals surface area (Å²) in [6, 6.07) is 5.29. The third-order valence-corrected chi connectivity index (χ3v) is 2.61. The summed E-state index contributed by atoms with van der Waals surface area (Å²) in [5.74, 6) is -0.205. The maximum absolute atomic E-state index is 13.5. The summed E-state index contributed by atoms with van der Waals surface area (Å²) in [7, 11) is 0. The first-order chi connectivity index (χ1) is 8.37. The van der Waals surface area contributed by atoms with Gasteiger partial charge in [-0.25, -0.2) is 4.39 Å². The molecule has 0 fully saturated rings. The summed E-state index contributed by atoms with van der Waals surface area (Å²) in [4.78, 5) is 0. The molecular weight excluding hydrogens is 229 g/mol. The number of halogens is 1. The maximum Gasteiger partial charge on any atom is 0.128 e. The van der Waals surface area contributed by atoms with E-state index in [9.17, 15) is 9.50 Å². The highest BCUT2D eigenvalue weighted by atomic mass is 19.1. The first-order valence-corrected chi connectivity index (χ1v) is 5.84. The fourth-order valence-corrected chi connectivity index (χ4v) is 1.88. The Balaban J connectivity index is 0.000000771. The molecular formula is C15H20FNO. The van der Waals surface area contributed by atoms with Crippen LogP contribution in [0.15, 0.2) is 37.6 Å². The van der Waals surface area contributed by atoms with Crippen molar-refractivity contribution < 1.29 is 9.50 Å². The van der Waals surface area contributed by atoms with Gasteiger partial charge >= 0.3 is 0 Å². The van der Waals surface area contributed by atoms with E-state index in [2.05, 4.69) is 13.2 Å². The Bertz CT molecular complexity index is 537. The fraction of sp³-hybridized carbons (Fsp3) is 0.333. The Labute approximate surface area is 107 Å². The first kappa shape index (κ1) is 14.5. The molecule has 2 rings (SSSR count). The van der Waals surface area contributed by atoms with Crippen molar-refractivity contribution in [2.75, 3.05) is 0 Å². The zero-order valence-electron chi connectivity index (χ0n) is 11.2. The minimum absolute atomic E-state index is 0.205. The summed E-state index contributed by atoms with van der Waals surface area (Å²) in [6.07, 6.45) is 1.88. The Morgan fingerprint density at radius 3 is 2.50 bits per heavy atom. The third kappa shape index (κ3) is 3.20. The van der Waals surface area contributed by atoms with Crippen LogP contribution < -0.4 is 0 Å². The van der Waals surface area contributed by atoms with Gasteiger partial charge in [0.1, 0.15) is 5.82 Å². The topological polar surface area (TPSA) is 25.2 Å². The summed E-state index contributed by atoms with van der Waals surface area (Å²) in [5.41, 5.74) is 0.673. The molecule has 0 bridgehead atoms. The van der Waals surface area contributed by atoms with Crippen LogP contribution >= 0.6 is 0 Å². The molecule has 2 nitrogen and oxygen atoms in total. The molecule has 1 N–H and O–H groups in total. The summed E-state index contributed by atoms with van der Waals surface area (Å²) >= 11 is 0. The lowest BCUT2D eigenvalue weighted by Crippen LogP contribution is -2.25. The number of fused-ring (bicyclic) bond motifs is 1. The van der Waals surface area contributed by atoms with Crippen LogP contribution in [0.3, 0.4) is 0 Å². The predicted octanol–water partition coefficient (Wildman–Crippen LogP) is 3.66. The van der Waals surface area contributed by atoms with Gasteiger partial charge < -0.3 is 9.67 Å². The highest BCUT2D eigenvalue weighted by Gasteiger charge is 2.15. The van der Waals surface area contributed by atoms with Gasteiger partial charge in [0.05, 0.1) is 17.7 Å². The molecule has 0 aliphatic heterocycles. The van der Waals surface area contributed by atoms with Crippen molar-refractivity contribution >= 4 is 10.9 Å². The normalized spacial score (nSPS) is 11.2. The molecule has 3 heteroatoms. The minimum atomic E-state index is -0.798. The van der Waals surface area contributed by atoms with E-state index in [1.807, 2.05) is 22.9 Å². The first-order valence-electron chi connectivity index (χ1n) is 5.84. The monoisotopic (exact) mass is 249 g/mol. The number of rotatable bonds is 2. The standard InChI is InChI=1S/C13H16FNO.C2H4/c1-9-6-10-4-5-15(8-13(2,3)16)12(10)7-11(9)14;1-2/h4-7,16H,8H2,1-3H3;1-2H2. The Kier molecular flexibility index (Phi) is 4.30. The Hall–Kier alpha value is -1.61. The van der Waals surface area contributed by atoms with Crippen LogP contribution in [0.25, 0.3) is 10.9 Å². The van der Waals surface area contributed by atoms with Crippen LogP contribution in [0.5, 0.6) is 0 Å². The smallest absolute Gasteiger partial charge is 0.128 e. The summed E-state index contributed by atoms with van der Waals surface area (Å²) in [5, 5.41) is 10.8. The van der Waals surface area contributed by atoms with Gasteiger partial charge in [-0.15, -0.1) is 13.2 Å². The molecule has 0 saturated heterocycles. The van der Waals surface area contributed by atoms with E-state index in [1.165, 1.54) is 6.07 Å². The van der Waals surface area contributed by atoms with E-state index in [1.54, 1.807) is 20.8 Å². The van der Waals surface area contributed by atoms with Crippen LogP contribution in [0.4, 0.5) is 4.39 Å². The highest BCUT2D eigenvalue weighted by Crippen LogP contribution is 2.21. The molecule has 98 valence electrons. The van der Waals surface area contributed by atoms with E-state index in [4.69, 9.17) is 0 Å². The molecule has 0 atom stereocenters.